The molecule has 0 radical (unpaired) electrons. The van der Waals surface area contributed by atoms with Gasteiger partial charge in [0, 0.05) is 30.2 Å². The number of anilines is 1. The van der Waals surface area contributed by atoms with Gasteiger partial charge in [0.15, 0.2) is 5.13 Å². The summed E-state index contributed by atoms with van der Waals surface area (Å²) in [5.74, 6) is -1.55. The van der Waals surface area contributed by atoms with Crippen molar-refractivity contribution in [1.29, 1.82) is 0 Å². The first-order chi connectivity index (χ1) is 12.0. The van der Waals surface area contributed by atoms with E-state index in [9.17, 15) is 18.7 Å². The largest absolute Gasteiger partial charge is 0.387 e. The number of amides is 1. The summed E-state index contributed by atoms with van der Waals surface area (Å²) in [5.41, 5.74) is -0.0608. The molecule has 2 heterocycles. The van der Waals surface area contributed by atoms with E-state index in [0.717, 1.165) is 31.0 Å². The van der Waals surface area contributed by atoms with E-state index in [1.807, 2.05) is 4.90 Å². The molecule has 25 heavy (non-hydrogen) atoms. The number of carbonyl (C=O) groups is 1. The van der Waals surface area contributed by atoms with Crippen LogP contribution in [0.15, 0.2) is 29.8 Å². The van der Waals surface area contributed by atoms with Gasteiger partial charge in [-0.2, -0.15) is 0 Å². The van der Waals surface area contributed by atoms with Crippen molar-refractivity contribution in [2.24, 2.45) is 5.92 Å². The molecule has 1 saturated heterocycles. The molecule has 1 aromatic carbocycles. The molecule has 8 heteroatoms. The summed E-state index contributed by atoms with van der Waals surface area (Å²) < 4.78 is 27.1. The van der Waals surface area contributed by atoms with Crippen LogP contribution < -0.4 is 5.32 Å². The van der Waals surface area contributed by atoms with Crippen LogP contribution in [0, 0.1) is 17.6 Å². The molecular formula is C17H19F2N3O2S. The lowest BCUT2D eigenvalue weighted by molar-refractivity contribution is -0.121. The molecule has 0 saturated carbocycles. The van der Waals surface area contributed by atoms with Gasteiger partial charge in [0.05, 0.1) is 12.0 Å². The fourth-order valence-corrected chi connectivity index (χ4v) is 3.57. The fourth-order valence-electron chi connectivity index (χ4n) is 3.04. The zero-order valence-corrected chi connectivity index (χ0v) is 14.3. The number of piperidine rings is 1. The number of nitrogens with zero attached hydrogens (tertiary/aromatic N) is 2. The van der Waals surface area contributed by atoms with Crippen molar-refractivity contribution in [2.75, 3.05) is 25.0 Å². The van der Waals surface area contributed by atoms with Gasteiger partial charge in [-0.25, -0.2) is 13.8 Å². The number of likely N-dealkylation sites (tertiary alicyclic amines) is 1. The van der Waals surface area contributed by atoms with Gasteiger partial charge in [0.25, 0.3) is 0 Å². The topological polar surface area (TPSA) is 65.5 Å². The highest BCUT2D eigenvalue weighted by Crippen LogP contribution is 2.24. The highest BCUT2D eigenvalue weighted by molar-refractivity contribution is 7.13. The minimum atomic E-state index is -1.14. The third-order valence-electron chi connectivity index (χ3n) is 4.29. The Hall–Kier alpha value is -1.90. The van der Waals surface area contributed by atoms with Crippen LogP contribution in [-0.4, -0.2) is 40.5 Å². The van der Waals surface area contributed by atoms with Gasteiger partial charge in [-0.1, -0.05) is 0 Å². The number of aliphatic hydroxyl groups excluding tert-OH is 1. The number of thiazole rings is 1. The molecule has 3 rings (SSSR count). The molecular weight excluding hydrogens is 348 g/mol. The fraction of sp³-hybridized carbons (Fsp3) is 0.412. The van der Waals surface area contributed by atoms with Crippen LogP contribution >= 0.6 is 11.3 Å². The molecule has 0 unspecified atom stereocenters. The molecule has 0 bridgehead atoms. The van der Waals surface area contributed by atoms with E-state index in [1.165, 1.54) is 11.3 Å². The van der Waals surface area contributed by atoms with Gasteiger partial charge in [0.1, 0.15) is 11.6 Å². The van der Waals surface area contributed by atoms with Gasteiger partial charge in [-0.05, 0) is 37.6 Å². The minimum absolute atomic E-state index is 0.0608. The maximum atomic E-state index is 13.8. The van der Waals surface area contributed by atoms with Crippen molar-refractivity contribution in [3.05, 3.63) is 47.0 Å². The predicted octanol–water partition coefficient (Wildman–Crippen LogP) is 2.81. The monoisotopic (exact) mass is 367 g/mol. The molecule has 1 aromatic heterocycles. The van der Waals surface area contributed by atoms with E-state index in [2.05, 4.69) is 10.3 Å². The van der Waals surface area contributed by atoms with Crippen LogP contribution in [0.3, 0.4) is 0 Å². The number of aromatic nitrogens is 1. The van der Waals surface area contributed by atoms with Gasteiger partial charge < -0.3 is 10.4 Å². The van der Waals surface area contributed by atoms with Gasteiger partial charge in [-0.3, -0.25) is 9.69 Å². The Kier molecular flexibility index (Phi) is 5.72. The van der Waals surface area contributed by atoms with Crippen LogP contribution in [0.2, 0.25) is 0 Å². The Morgan fingerprint density at radius 2 is 2.32 bits per heavy atom. The van der Waals surface area contributed by atoms with Gasteiger partial charge in [-0.15, -0.1) is 11.3 Å². The van der Waals surface area contributed by atoms with Gasteiger partial charge in [0.2, 0.25) is 5.91 Å². The van der Waals surface area contributed by atoms with Crippen molar-refractivity contribution in [3.8, 4) is 0 Å². The average Bonchev–Trinajstić information content (AvgIpc) is 3.10. The maximum absolute atomic E-state index is 13.8. The van der Waals surface area contributed by atoms with Crippen LogP contribution in [0.25, 0.3) is 0 Å². The first-order valence-electron chi connectivity index (χ1n) is 8.08. The van der Waals surface area contributed by atoms with E-state index in [-0.39, 0.29) is 23.9 Å². The molecule has 2 aromatic rings. The van der Waals surface area contributed by atoms with E-state index in [4.69, 9.17) is 0 Å². The Morgan fingerprint density at radius 1 is 1.48 bits per heavy atom. The van der Waals surface area contributed by atoms with Crippen molar-refractivity contribution >= 4 is 22.4 Å². The van der Waals surface area contributed by atoms with Crippen molar-refractivity contribution in [1.82, 2.24) is 9.88 Å². The summed E-state index contributed by atoms with van der Waals surface area (Å²) in [7, 11) is 0. The van der Waals surface area contributed by atoms with Crippen molar-refractivity contribution in [2.45, 2.75) is 18.9 Å². The maximum Gasteiger partial charge on any atom is 0.230 e. The smallest absolute Gasteiger partial charge is 0.230 e. The summed E-state index contributed by atoms with van der Waals surface area (Å²) in [5, 5.41) is 15.4. The second-order valence-electron chi connectivity index (χ2n) is 6.11. The number of rotatable bonds is 5. The normalized spacial score (nSPS) is 19.6. The number of carbonyl (C=O) groups excluding carboxylic acids is 1. The molecule has 134 valence electrons. The van der Waals surface area contributed by atoms with Crippen LogP contribution in [0.5, 0.6) is 0 Å². The Morgan fingerprint density at radius 3 is 3.08 bits per heavy atom. The molecule has 1 aliphatic heterocycles. The summed E-state index contributed by atoms with van der Waals surface area (Å²) in [4.78, 5) is 18.3. The molecule has 5 nitrogen and oxygen atoms in total. The highest BCUT2D eigenvalue weighted by atomic mass is 32.1. The third kappa shape index (κ3) is 4.59. The number of halogens is 2. The average molecular weight is 367 g/mol. The summed E-state index contributed by atoms with van der Waals surface area (Å²) in [6, 6.07) is 3.04. The third-order valence-corrected chi connectivity index (χ3v) is 4.98. The van der Waals surface area contributed by atoms with Crippen molar-refractivity contribution < 1.29 is 18.7 Å². The van der Waals surface area contributed by atoms with Crippen LogP contribution in [0.1, 0.15) is 24.5 Å². The number of aliphatic hydroxyl groups is 1. The molecule has 0 spiro atoms. The first-order valence-corrected chi connectivity index (χ1v) is 8.96. The first kappa shape index (κ1) is 17.9. The van der Waals surface area contributed by atoms with E-state index in [0.29, 0.717) is 18.2 Å². The molecule has 1 aliphatic rings. The number of β-amino-alcohol motifs (C(OH)–C–C–N with tert-alkyl or cyclic N) is 1. The lowest BCUT2D eigenvalue weighted by Gasteiger charge is -2.33. The lowest BCUT2D eigenvalue weighted by Crippen LogP contribution is -2.42. The highest BCUT2D eigenvalue weighted by Gasteiger charge is 2.28. The zero-order chi connectivity index (χ0) is 17.8. The number of benzene rings is 1. The SMILES string of the molecule is O=C(Nc1nccs1)[C@@H]1CCCN(C[C@H](O)c2cc(F)ccc2F)C1. The van der Waals surface area contributed by atoms with E-state index < -0.39 is 17.7 Å². The van der Waals surface area contributed by atoms with Crippen LogP contribution in [0.4, 0.5) is 13.9 Å². The van der Waals surface area contributed by atoms with E-state index >= 15 is 0 Å². The molecule has 1 amide bonds. The molecule has 2 N–H and O–H groups in total. The Bertz CT molecular complexity index is 727. The molecule has 0 aliphatic carbocycles. The summed E-state index contributed by atoms with van der Waals surface area (Å²) in [6.07, 6.45) is 2.03. The van der Waals surface area contributed by atoms with Crippen LogP contribution in [-0.2, 0) is 4.79 Å². The molecule has 1 fully saturated rings. The lowest BCUT2D eigenvalue weighted by atomic mass is 9.96. The second kappa shape index (κ2) is 7.99. The minimum Gasteiger partial charge on any atom is -0.387 e. The zero-order valence-electron chi connectivity index (χ0n) is 13.5. The van der Waals surface area contributed by atoms with Gasteiger partial charge >= 0.3 is 0 Å². The van der Waals surface area contributed by atoms with Crippen molar-refractivity contribution in [3.63, 3.8) is 0 Å². The number of nitrogens with one attached hydrogen (secondary N) is 1. The number of hydrogen-bond acceptors (Lipinski definition) is 5. The Labute approximate surface area is 148 Å². The quantitative estimate of drug-likeness (QED) is 0.853. The predicted molar refractivity (Wildman–Crippen MR) is 91.2 cm³/mol. The summed E-state index contributed by atoms with van der Waals surface area (Å²) >= 11 is 1.35. The standard InChI is InChI=1S/C17H19F2N3O2S/c18-12-3-4-14(19)13(8-12)15(23)10-22-6-1-2-11(9-22)16(24)21-17-20-5-7-25-17/h3-5,7-8,11,15,23H,1-2,6,9-10H2,(H,20,21,24)/t11-,15+/m1/s1. The summed E-state index contributed by atoms with van der Waals surface area (Å²) in [6.45, 7) is 1.32. The van der Waals surface area contributed by atoms with E-state index in [1.54, 1.807) is 11.6 Å². The Balaban J connectivity index is 1.59. The second-order valence-corrected chi connectivity index (χ2v) is 7.00. The molecule has 2 atom stereocenters. The number of hydrogen-bond donors (Lipinski definition) is 2.